The number of carbonyl (C=O) groups is 2. The van der Waals surface area contributed by atoms with Gasteiger partial charge in [-0.15, -0.1) is 0 Å². The van der Waals surface area contributed by atoms with E-state index in [1.807, 2.05) is 0 Å². The second-order valence-corrected chi connectivity index (χ2v) is 3.88. The Hall–Kier alpha value is -2.62. The van der Waals surface area contributed by atoms with E-state index in [0.29, 0.717) is 5.56 Å². The smallest absolute Gasteiger partial charge is 0.340 e. The molecule has 0 aliphatic rings. The van der Waals surface area contributed by atoms with Crippen LogP contribution < -0.4 is 4.74 Å². The Kier molecular flexibility index (Phi) is 3.61. The summed E-state index contributed by atoms with van der Waals surface area (Å²) < 4.78 is 5.00. The molecule has 0 spiro atoms. The first kappa shape index (κ1) is 12.8. The fourth-order valence-corrected chi connectivity index (χ4v) is 1.86. The van der Waals surface area contributed by atoms with Gasteiger partial charge in [-0.2, -0.15) is 0 Å². The summed E-state index contributed by atoms with van der Waals surface area (Å²) in [4.78, 5) is 23.6. The lowest BCUT2D eigenvalue weighted by atomic mass is 9.97. The molecule has 96 valence electrons. The van der Waals surface area contributed by atoms with Crippen molar-refractivity contribution in [2.24, 2.45) is 0 Å². The minimum absolute atomic E-state index is 0.112. The van der Waals surface area contributed by atoms with E-state index >= 15 is 0 Å². The van der Waals surface area contributed by atoms with Gasteiger partial charge in [0.25, 0.3) is 0 Å². The summed E-state index contributed by atoms with van der Waals surface area (Å²) in [5.41, 5.74) is 0.454. The number of carboxylic acids is 1. The Morgan fingerprint density at radius 3 is 2.26 bits per heavy atom. The summed E-state index contributed by atoms with van der Waals surface area (Å²) >= 11 is 0. The third kappa shape index (κ3) is 2.47. The van der Waals surface area contributed by atoms with Crippen LogP contribution in [0.3, 0.4) is 0 Å². The molecule has 0 radical (unpaired) electrons. The number of benzene rings is 2. The molecule has 4 heteroatoms. The minimum Gasteiger partial charge on any atom is -0.496 e. The van der Waals surface area contributed by atoms with Gasteiger partial charge in [0, 0.05) is 11.1 Å². The Bertz CT molecular complexity index is 617. The normalized spacial score (nSPS) is 9.95. The first-order valence-corrected chi connectivity index (χ1v) is 5.65. The van der Waals surface area contributed by atoms with Crippen LogP contribution >= 0.6 is 0 Å². The number of aromatic carboxylic acids is 1. The molecule has 0 heterocycles. The van der Waals surface area contributed by atoms with Crippen LogP contribution in [0.2, 0.25) is 0 Å². The quantitative estimate of drug-likeness (QED) is 0.854. The third-order valence-corrected chi connectivity index (χ3v) is 2.74. The number of methoxy groups -OCH3 is 1. The fourth-order valence-electron chi connectivity index (χ4n) is 1.86. The molecule has 2 aromatic rings. The van der Waals surface area contributed by atoms with Crippen molar-refractivity contribution < 1.29 is 19.4 Å². The molecule has 0 bridgehead atoms. The van der Waals surface area contributed by atoms with E-state index in [2.05, 4.69) is 0 Å². The molecular weight excluding hydrogens is 244 g/mol. The molecule has 0 saturated carbocycles. The predicted molar refractivity (Wildman–Crippen MR) is 69.8 cm³/mol. The topological polar surface area (TPSA) is 63.6 Å². The maximum Gasteiger partial charge on any atom is 0.340 e. The highest BCUT2D eigenvalue weighted by atomic mass is 16.5. The second-order valence-electron chi connectivity index (χ2n) is 3.88. The fraction of sp³-hybridized carbons (Fsp3) is 0.0667. The lowest BCUT2D eigenvalue weighted by molar-refractivity contribution is 0.0689. The van der Waals surface area contributed by atoms with E-state index in [0.717, 1.165) is 0 Å². The highest BCUT2D eigenvalue weighted by molar-refractivity contribution is 6.15. The number of ether oxygens (including phenoxy) is 1. The number of rotatable bonds is 4. The molecular formula is C15H12O4. The predicted octanol–water partition coefficient (Wildman–Crippen LogP) is 2.62. The number of carboxylic acid groups (broad SMARTS) is 1. The molecule has 4 nitrogen and oxygen atoms in total. The van der Waals surface area contributed by atoms with Crippen LogP contribution in [0.5, 0.6) is 5.75 Å². The highest BCUT2D eigenvalue weighted by Gasteiger charge is 2.21. The van der Waals surface area contributed by atoms with Crippen molar-refractivity contribution in [1.82, 2.24) is 0 Å². The SMILES string of the molecule is COc1cccc(C(=O)c2ccccc2)c1C(=O)O. The van der Waals surface area contributed by atoms with Crippen molar-refractivity contribution in [3.8, 4) is 5.75 Å². The molecule has 1 N–H and O–H groups in total. The van der Waals surface area contributed by atoms with E-state index in [1.165, 1.54) is 19.2 Å². The summed E-state index contributed by atoms with van der Waals surface area (Å²) in [7, 11) is 1.37. The van der Waals surface area contributed by atoms with E-state index in [9.17, 15) is 14.7 Å². The van der Waals surface area contributed by atoms with Crippen LogP contribution in [-0.2, 0) is 0 Å². The molecule has 0 aliphatic carbocycles. The molecule has 2 rings (SSSR count). The van der Waals surface area contributed by atoms with Gasteiger partial charge in [0.05, 0.1) is 7.11 Å². The Morgan fingerprint density at radius 1 is 1.00 bits per heavy atom. The zero-order valence-electron chi connectivity index (χ0n) is 10.3. The van der Waals surface area contributed by atoms with Gasteiger partial charge in [0.15, 0.2) is 5.78 Å². The lowest BCUT2D eigenvalue weighted by Crippen LogP contribution is -2.11. The summed E-state index contributed by atoms with van der Waals surface area (Å²) in [5.74, 6) is -1.34. The van der Waals surface area contributed by atoms with E-state index in [-0.39, 0.29) is 22.7 Å². The molecule has 0 aromatic heterocycles. The Balaban J connectivity index is 2.57. The van der Waals surface area contributed by atoms with Crippen molar-refractivity contribution in [2.75, 3.05) is 7.11 Å². The number of carbonyl (C=O) groups excluding carboxylic acids is 1. The molecule has 2 aromatic carbocycles. The summed E-state index contributed by atoms with van der Waals surface area (Å²) in [5, 5.41) is 9.24. The standard InChI is InChI=1S/C15H12O4/c1-19-12-9-5-8-11(13(12)15(17)18)14(16)10-6-3-2-4-7-10/h2-9H,1H3,(H,17,18). The van der Waals surface area contributed by atoms with Gasteiger partial charge in [-0.3, -0.25) is 4.79 Å². The van der Waals surface area contributed by atoms with Gasteiger partial charge >= 0.3 is 5.97 Å². The summed E-state index contributed by atoms with van der Waals surface area (Å²) in [6, 6.07) is 13.1. The number of ketones is 1. The molecule has 19 heavy (non-hydrogen) atoms. The maximum absolute atomic E-state index is 12.3. The third-order valence-electron chi connectivity index (χ3n) is 2.74. The van der Waals surface area contributed by atoms with Gasteiger partial charge in [-0.25, -0.2) is 4.79 Å². The Morgan fingerprint density at radius 2 is 1.68 bits per heavy atom. The highest BCUT2D eigenvalue weighted by Crippen LogP contribution is 2.24. The van der Waals surface area contributed by atoms with E-state index in [4.69, 9.17) is 4.74 Å². The van der Waals surface area contributed by atoms with Crippen molar-refractivity contribution in [3.05, 3.63) is 65.2 Å². The van der Waals surface area contributed by atoms with Crippen molar-refractivity contribution in [3.63, 3.8) is 0 Å². The van der Waals surface area contributed by atoms with Crippen LogP contribution in [0, 0.1) is 0 Å². The molecule has 0 aliphatic heterocycles. The molecule has 0 amide bonds. The first-order valence-electron chi connectivity index (χ1n) is 5.65. The molecule has 0 atom stereocenters. The van der Waals surface area contributed by atoms with Crippen molar-refractivity contribution in [2.45, 2.75) is 0 Å². The summed E-state index contributed by atoms with van der Waals surface area (Å²) in [6.07, 6.45) is 0. The van der Waals surface area contributed by atoms with Gasteiger partial charge in [0.2, 0.25) is 0 Å². The number of hydrogen-bond acceptors (Lipinski definition) is 3. The van der Waals surface area contributed by atoms with Crippen molar-refractivity contribution in [1.29, 1.82) is 0 Å². The van der Waals surface area contributed by atoms with Gasteiger partial charge < -0.3 is 9.84 Å². The molecule has 0 unspecified atom stereocenters. The Labute approximate surface area is 110 Å². The van der Waals surface area contributed by atoms with Gasteiger partial charge in [-0.1, -0.05) is 36.4 Å². The molecule has 0 fully saturated rings. The maximum atomic E-state index is 12.3. The van der Waals surface area contributed by atoms with E-state index in [1.54, 1.807) is 36.4 Å². The zero-order chi connectivity index (χ0) is 13.8. The lowest BCUT2D eigenvalue weighted by Gasteiger charge is -2.09. The minimum atomic E-state index is -1.18. The van der Waals surface area contributed by atoms with Gasteiger partial charge in [-0.05, 0) is 12.1 Å². The van der Waals surface area contributed by atoms with Crippen molar-refractivity contribution >= 4 is 11.8 Å². The number of hydrogen-bond donors (Lipinski definition) is 1. The molecule has 0 saturated heterocycles. The van der Waals surface area contributed by atoms with Crippen LogP contribution in [0.4, 0.5) is 0 Å². The van der Waals surface area contributed by atoms with Gasteiger partial charge in [0.1, 0.15) is 11.3 Å². The second kappa shape index (κ2) is 5.35. The zero-order valence-corrected chi connectivity index (χ0v) is 10.3. The summed E-state index contributed by atoms with van der Waals surface area (Å²) in [6.45, 7) is 0. The largest absolute Gasteiger partial charge is 0.496 e. The van der Waals surface area contributed by atoms with Crippen LogP contribution in [0.1, 0.15) is 26.3 Å². The van der Waals surface area contributed by atoms with Crippen LogP contribution in [-0.4, -0.2) is 24.0 Å². The monoisotopic (exact) mass is 256 g/mol. The van der Waals surface area contributed by atoms with Crippen LogP contribution in [0.15, 0.2) is 48.5 Å². The average Bonchev–Trinajstić information content (AvgIpc) is 2.46. The van der Waals surface area contributed by atoms with Crippen LogP contribution in [0.25, 0.3) is 0 Å². The van der Waals surface area contributed by atoms with E-state index < -0.39 is 5.97 Å². The average molecular weight is 256 g/mol. The first-order chi connectivity index (χ1) is 9.15.